The highest BCUT2D eigenvalue weighted by atomic mass is 32.2. The van der Waals surface area contributed by atoms with Crippen molar-refractivity contribution in [1.82, 2.24) is 19.8 Å². The summed E-state index contributed by atoms with van der Waals surface area (Å²) in [6.45, 7) is 0. The molecule has 0 saturated heterocycles. The van der Waals surface area contributed by atoms with E-state index in [1.807, 2.05) is 30.3 Å². The standard InChI is InChI=1S/C13H9N5O3S2/c14-23(19,20)13-16-18-6-10(15-12(18)22-13)11-9(7-21-17-11)8-4-2-1-3-5-8/h1-7H,(H2,14,19,20). The second kappa shape index (κ2) is 4.98. The fourth-order valence-electron chi connectivity index (χ4n) is 2.15. The van der Waals surface area contributed by atoms with E-state index in [1.54, 1.807) is 12.5 Å². The average molecular weight is 347 g/mol. The lowest BCUT2D eigenvalue weighted by molar-refractivity contribution is 0.422. The minimum absolute atomic E-state index is 0.185. The summed E-state index contributed by atoms with van der Waals surface area (Å²) >= 11 is 0.893. The van der Waals surface area contributed by atoms with Crippen molar-refractivity contribution in [3.8, 4) is 22.5 Å². The van der Waals surface area contributed by atoms with Gasteiger partial charge in [0.25, 0.3) is 10.0 Å². The Morgan fingerprint density at radius 1 is 1.22 bits per heavy atom. The van der Waals surface area contributed by atoms with Crippen molar-refractivity contribution in [2.75, 3.05) is 0 Å². The number of nitrogens with zero attached hydrogens (tertiary/aromatic N) is 4. The van der Waals surface area contributed by atoms with Gasteiger partial charge in [-0.25, -0.2) is 23.1 Å². The molecule has 0 atom stereocenters. The molecule has 4 aromatic rings. The van der Waals surface area contributed by atoms with Gasteiger partial charge >= 0.3 is 0 Å². The van der Waals surface area contributed by atoms with Crippen LogP contribution in [0.25, 0.3) is 27.5 Å². The van der Waals surface area contributed by atoms with Gasteiger partial charge in [-0.05, 0) is 5.56 Å². The highest BCUT2D eigenvalue weighted by Gasteiger charge is 2.20. The summed E-state index contributed by atoms with van der Waals surface area (Å²) in [4.78, 5) is 4.76. The van der Waals surface area contributed by atoms with Crippen LogP contribution >= 0.6 is 11.3 Å². The third kappa shape index (κ3) is 2.42. The van der Waals surface area contributed by atoms with E-state index in [2.05, 4.69) is 15.2 Å². The van der Waals surface area contributed by atoms with Crippen molar-refractivity contribution < 1.29 is 12.9 Å². The Kier molecular flexibility index (Phi) is 3.04. The third-order valence-corrected chi connectivity index (χ3v) is 5.40. The van der Waals surface area contributed by atoms with E-state index in [0.717, 1.165) is 22.5 Å². The van der Waals surface area contributed by atoms with Crippen LogP contribution in [0, 0.1) is 0 Å². The third-order valence-electron chi connectivity index (χ3n) is 3.17. The van der Waals surface area contributed by atoms with E-state index in [-0.39, 0.29) is 4.34 Å². The van der Waals surface area contributed by atoms with Gasteiger partial charge < -0.3 is 4.52 Å². The van der Waals surface area contributed by atoms with Crippen molar-refractivity contribution in [1.29, 1.82) is 0 Å². The Balaban J connectivity index is 1.82. The van der Waals surface area contributed by atoms with Crippen LogP contribution in [0.15, 0.2) is 51.7 Å². The van der Waals surface area contributed by atoms with Crippen LogP contribution in [0.2, 0.25) is 0 Å². The van der Waals surface area contributed by atoms with Gasteiger partial charge in [-0.2, -0.15) is 0 Å². The monoisotopic (exact) mass is 347 g/mol. The van der Waals surface area contributed by atoms with E-state index in [9.17, 15) is 8.42 Å². The van der Waals surface area contributed by atoms with E-state index in [4.69, 9.17) is 9.66 Å². The van der Waals surface area contributed by atoms with Gasteiger partial charge in [0.15, 0.2) is 0 Å². The first-order valence-corrected chi connectivity index (χ1v) is 8.78. The molecule has 0 fully saturated rings. The molecule has 0 radical (unpaired) electrons. The maximum Gasteiger partial charge on any atom is 0.267 e. The molecule has 3 heterocycles. The zero-order chi connectivity index (χ0) is 16.0. The highest BCUT2D eigenvalue weighted by Crippen LogP contribution is 2.31. The molecule has 0 aliphatic carbocycles. The zero-order valence-corrected chi connectivity index (χ0v) is 13.1. The molecular weight excluding hydrogens is 338 g/mol. The number of benzene rings is 1. The summed E-state index contributed by atoms with van der Waals surface area (Å²) in [5.41, 5.74) is 2.84. The number of imidazole rings is 1. The van der Waals surface area contributed by atoms with Crippen LogP contribution < -0.4 is 5.14 Å². The molecule has 4 rings (SSSR count). The smallest absolute Gasteiger partial charge is 0.267 e. The highest BCUT2D eigenvalue weighted by molar-refractivity contribution is 7.91. The summed E-state index contributed by atoms with van der Waals surface area (Å²) in [6.07, 6.45) is 3.13. The van der Waals surface area contributed by atoms with Gasteiger partial charge in [0, 0.05) is 0 Å². The Morgan fingerprint density at radius 3 is 2.70 bits per heavy atom. The maximum absolute atomic E-state index is 11.3. The largest absolute Gasteiger partial charge is 0.363 e. The fourth-order valence-corrected chi connectivity index (χ4v) is 3.66. The van der Waals surface area contributed by atoms with E-state index in [0.29, 0.717) is 16.3 Å². The molecule has 8 nitrogen and oxygen atoms in total. The molecule has 0 aliphatic rings. The van der Waals surface area contributed by atoms with Crippen LogP contribution in [-0.2, 0) is 10.0 Å². The predicted octanol–water partition coefficient (Wildman–Crippen LogP) is 1.76. The first kappa shape index (κ1) is 14.1. The van der Waals surface area contributed by atoms with Gasteiger partial charge in [0.05, 0.1) is 11.8 Å². The molecule has 0 amide bonds. The molecule has 0 bridgehead atoms. The van der Waals surface area contributed by atoms with Crippen molar-refractivity contribution in [2.45, 2.75) is 4.34 Å². The van der Waals surface area contributed by atoms with Crippen LogP contribution in [-0.4, -0.2) is 28.2 Å². The maximum atomic E-state index is 11.3. The molecule has 0 unspecified atom stereocenters. The molecule has 3 aromatic heterocycles. The van der Waals surface area contributed by atoms with Gasteiger partial charge in [0.2, 0.25) is 9.30 Å². The zero-order valence-electron chi connectivity index (χ0n) is 11.4. The summed E-state index contributed by atoms with van der Waals surface area (Å²) < 4.78 is 28.9. The predicted molar refractivity (Wildman–Crippen MR) is 83.2 cm³/mol. The SMILES string of the molecule is NS(=O)(=O)c1nn2cc(-c3nocc3-c3ccccc3)nc2s1. The lowest BCUT2D eigenvalue weighted by atomic mass is 10.1. The number of hydrogen-bond acceptors (Lipinski definition) is 7. The first-order valence-electron chi connectivity index (χ1n) is 6.41. The number of nitrogens with two attached hydrogens (primary N) is 1. The number of primary sulfonamides is 1. The topological polar surface area (TPSA) is 116 Å². The number of hydrogen-bond donors (Lipinski definition) is 1. The lowest BCUT2D eigenvalue weighted by Gasteiger charge is -1.97. The molecule has 0 spiro atoms. The number of fused-ring (bicyclic) bond motifs is 1. The Bertz CT molecular complexity index is 1060. The minimum Gasteiger partial charge on any atom is -0.363 e. The van der Waals surface area contributed by atoms with Gasteiger partial charge in [0.1, 0.15) is 17.7 Å². The number of sulfonamides is 1. The van der Waals surface area contributed by atoms with Crippen LogP contribution in [0.1, 0.15) is 0 Å². The van der Waals surface area contributed by atoms with Crippen molar-refractivity contribution in [2.24, 2.45) is 5.14 Å². The van der Waals surface area contributed by atoms with Crippen molar-refractivity contribution >= 4 is 26.3 Å². The quantitative estimate of drug-likeness (QED) is 0.603. The van der Waals surface area contributed by atoms with Crippen LogP contribution in [0.3, 0.4) is 0 Å². The van der Waals surface area contributed by atoms with E-state index >= 15 is 0 Å². The summed E-state index contributed by atoms with van der Waals surface area (Å²) in [5, 5.41) is 13.0. The Labute approximate surface area is 134 Å². The van der Waals surface area contributed by atoms with E-state index in [1.165, 1.54) is 4.52 Å². The van der Waals surface area contributed by atoms with Crippen molar-refractivity contribution in [3.05, 3.63) is 42.8 Å². The Morgan fingerprint density at radius 2 is 2.00 bits per heavy atom. The summed E-state index contributed by atoms with van der Waals surface area (Å²) in [7, 11) is -3.84. The molecule has 2 N–H and O–H groups in total. The molecule has 0 saturated carbocycles. The van der Waals surface area contributed by atoms with E-state index < -0.39 is 10.0 Å². The van der Waals surface area contributed by atoms with Crippen LogP contribution in [0.4, 0.5) is 0 Å². The second-order valence-electron chi connectivity index (χ2n) is 4.71. The molecule has 116 valence electrons. The van der Waals surface area contributed by atoms with Gasteiger partial charge in [-0.3, -0.25) is 0 Å². The molecular formula is C13H9N5O3S2. The normalized spacial score (nSPS) is 12.0. The second-order valence-corrected chi connectivity index (χ2v) is 7.40. The average Bonchev–Trinajstić information content (AvgIpc) is 3.20. The lowest BCUT2D eigenvalue weighted by Crippen LogP contribution is -2.12. The van der Waals surface area contributed by atoms with Crippen molar-refractivity contribution in [3.63, 3.8) is 0 Å². The number of aromatic nitrogens is 4. The molecule has 23 heavy (non-hydrogen) atoms. The summed E-state index contributed by atoms with van der Waals surface area (Å²) in [6, 6.07) is 9.62. The minimum atomic E-state index is -3.84. The molecule has 0 aliphatic heterocycles. The Hall–Kier alpha value is -2.56. The molecule has 1 aromatic carbocycles. The van der Waals surface area contributed by atoms with Gasteiger partial charge in [-0.15, -0.1) is 5.10 Å². The summed E-state index contributed by atoms with van der Waals surface area (Å²) in [5.74, 6) is 0. The van der Waals surface area contributed by atoms with Gasteiger partial charge in [-0.1, -0.05) is 46.8 Å². The molecule has 10 heteroatoms. The first-order chi connectivity index (χ1) is 11.0. The van der Waals surface area contributed by atoms with Crippen LogP contribution in [0.5, 0.6) is 0 Å². The number of rotatable bonds is 3. The fraction of sp³-hybridized carbons (Fsp3) is 0.